The number of carbonyl (C=O) groups excluding carboxylic acids is 1. The zero-order valence-corrected chi connectivity index (χ0v) is 14.6. The van der Waals surface area contributed by atoms with Gasteiger partial charge in [-0.05, 0) is 49.4 Å². The van der Waals surface area contributed by atoms with Crippen LogP contribution in [0.2, 0.25) is 0 Å². The van der Waals surface area contributed by atoms with Crippen LogP contribution < -0.4 is 9.62 Å². The molecule has 0 radical (unpaired) electrons. The first kappa shape index (κ1) is 16.5. The van der Waals surface area contributed by atoms with Crippen LogP contribution in [0.3, 0.4) is 0 Å². The van der Waals surface area contributed by atoms with E-state index < -0.39 is 10.0 Å². The molecule has 0 saturated heterocycles. The molecule has 0 aromatic heterocycles. The van der Waals surface area contributed by atoms with Crippen LogP contribution in [-0.4, -0.2) is 27.4 Å². The second kappa shape index (κ2) is 6.24. The van der Waals surface area contributed by atoms with Gasteiger partial charge in [0.1, 0.15) is 0 Å². The Labute approximate surface area is 138 Å². The van der Waals surface area contributed by atoms with Gasteiger partial charge in [-0.25, -0.2) is 13.1 Å². The van der Waals surface area contributed by atoms with Gasteiger partial charge in [-0.2, -0.15) is 0 Å². The molecule has 126 valence electrons. The minimum Gasteiger partial charge on any atom is -0.311 e. The molecule has 1 atom stereocenters. The van der Waals surface area contributed by atoms with Crippen LogP contribution in [0.4, 0.5) is 5.69 Å². The van der Waals surface area contributed by atoms with Crippen LogP contribution in [0.15, 0.2) is 17.0 Å². The van der Waals surface area contributed by atoms with Crippen molar-refractivity contribution in [3.63, 3.8) is 0 Å². The molecular formula is C17H24N2O3S. The Hall–Kier alpha value is -1.40. The quantitative estimate of drug-likeness (QED) is 0.812. The fourth-order valence-corrected chi connectivity index (χ4v) is 4.64. The van der Waals surface area contributed by atoms with E-state index in [4.69, 9.17) is 0 Å². The molecule has 1 aromatic rings. The van der Waals surface area contributed by atoms with Gasteiger partial charge in [0.05, 0.1) is 16.5 Å². The number of unbranched alkanes of at least 4 members (excludes halogenated alkanes) is 2. The lowest BCUT2D eigenvalue weighted by Gasteiger charge is -2.26. The molecule has 2 heterocycles. The highest BCUT2D eigenvalue weighted by Gasteiger charge is 2.38. The van der Waals surface area contributed by atoms with Crippen LogP contribution in [0.1, 0.15) is 56.6 Å². The van der Waals surface area contributed by atoms with E-state index in [9.17, 15) is 13.2 Å². The van der Waals surface area contributed by atoms with Crippen molar-refractivity contribution in [3.05, 3.63) is 23.3 Å². The van der Waals surface area contributed by atoms with Gasteiger partial charge in [0.15, 0.2) is 0 Å². The predicted molar refractivity (Wildman–Crippen MR) is 90.2 cm³/mol. The third-order valence-electron chi connectivity index (χ3n) is 4.78. The fraction of sp³-hybridized carbons (Fsp3) is 0.588. The summed E-state index contributed by atoms with van der Waals surface area (Å²) in [6.45, 7) is 5.15. The van der Waals surface area contributed by atoms with Gasteiger partial charge in [0.25, 0.3) is 0 Å². The highest BCUT2D eigenvalue weighted by Crippen LogP contribution is 2.43. The Bertz CT molecular complexity index is 728. The second-order valence-electron chi connectivity index (χ2n) is 6.44. The van der Waals surface area contributed by atoms with Crippen LogP contribution >= 0.6 is 0 Å². The lowest BCUT2D eigenvalue weighted by Crippen LogP contribution is -2.32. The van der Waals surface area contributed by atoms with E-state index in [2.05, 4.69) is 11.6 Å². The average Bonchev–Trinajstić information content (AvgIpc) is 2.79. The van der Waals surface area contributed by atoms with Crippen molar-refractivity contribution in [1.29, 1.82) is 0 Å². The Morgan fingerprint density at radius 2 is 2.09 bits per heavy atom. The third-order valence-corrected chi connectivity index (χ3v) is 6.22. The van der Waals surface area contributed by atoms with Crippen molar-refractivity contribution >= 4 is 21.6 Å². The number of nitrogens with one attached hydrogen (secondary N) is 1. The van der Waals surface area contributed by atoms with Gasteiger partial charge >= 0.3 is 0 Å². The Morgan fingerprint density at radius 1 is 1.30 bits per heavy atom. The SMILES string of the molecule is CCCCCNS(=O)(=O)c1cc2c3c(c1)[C@@H](C)C(=O)N3CCC2. The van der Waals surface area contributed by atoms with Crippen molar-refractivity contribution in [2.24, 2.45) is 0 Å². The van der Waals surface area contributed by atoms with Crippen LogP contribution in [-0.2, 0) is 21.2 Å². The largest absolute Gasteiger partial charge is 0.311 e. The lowest BCUT2D eigenvalue weighted by atomic mass is 9.97. The van der Waals surface area contributed by atoms with Gasteiger partial charge in [-0.1, -0.05) is 19.8 Å². The zero-order chi connectivity index (χ0) is 16.6. The van der Waals surface area contributed by atoms with Gasteiger partial charge in [0.2, 0.25) is 15.9 Å². The Morgan fingerprint density at radius 3 is 2.83 bits per heavy atom. The number of carbonyl (C=O) groups is 1. The van der Waals surface area contributed by atoms with E-state index in [0.29, 0.717) is 11.4 Å². The molecule has 0 unspecified atom stereocenters. The highest BCUT2D eigenvalue weighted by molar-refractivity contribution is 7.89. The van der Waals surface area contributed by atoms with Crippen LogP contribution in [0.5, 0.6) is 0 Å². The molecule has 23 heavy (non-hydrogen) atoms. The van der Waals surface area contributed by atoms with Crippen molar-refractivity contribution in [1.82, 2.24) is 4.72 Å². The van der Waals surface area contributed by atoms with Crippen LogP contribution in [0, 0.1) is 0 Å². The maximum atomic E-state index is 12.5. The summed E-state index contributed by atoms with van der Waals surface area (Å²) in [5.41, 5.74) is 2.81. The number of aryl methyl sites for hydroxylation is 1. The van der Waals surface area contributed by atoms with Gasteiger partial charge in [-0.3, -0.25) is 4.79 Å². The average molecular weight is 336 g/mol. The maximum Gasteiger partial charge on any atom is 0.240 e. The molecule has 0 bridgehead atoms. The Balaban J connectivity index is 1.93. The van der Waals surface area contributed by atoms with Gasteiger partial charge < -0.3 is 4.90 Å². The van der Waals surface area contributed by atoms with Crippen molar-refractivity contribution in [2.75, 3.05) is 18.0 Å². The van der Waals surface area contributed by atoms with Crippen LogP contribution in [0.25, 0.3) is 0 Å². The number of rotatable bonds is 6. The molecule has 2 aliphatic rings. The van der Waals surface area contributed by atoms with Crippen molar-refractivity contribution < 1.29 is 13.2 Å². The summed E-state index contributed by atoms with van der Waals surface area (Å²) < 4.78 is 27.8. The first-order valence-corrected chi connectivity index (χ1v) is 9.92. The normalized spacial score (nSPS) is 20.0. The minimum absolute atomic E-state index is 0.0893. The summed E-state index contributed by atoms with van der Waals surface area (Å²) in [4.78, 5) is 14.5. The number of benzene rings is 1. The van der Waals surface area contributed by atoms with E-state index in [1.54, 1.807) is 12.1 Å². The molecule has 0 fully saturated rings. The molecule has 0 aliphatic carbocycles. The molecular weight excluding hydrogens is 312 g/mol. The molecule has 6 heteroatoms. The smallest absolute Gasteiger partial charge is 0.240 e. The number of amides is 1. The lowest BCUT2D eigenvalue weighted by molar-refractivity contribution is -0.119. The van der Waals surface area contributed by atoms with Gasteiger partial charge in [0, 0.05) is 13.1 Å². The number of sulfonamides is 1. The van der Waals surface area contributed by atoms with Gasteiger partial charge in [-0.15, -0.1) is 0 Å². The van der Waals surface area contributed by atoms with E-state index in [1.165, 1.54) is 0 Å². The van der Waals surface area contributed by atoms with E-state index in [0.717, 1.165) is 55.5 Å². The number of hydrogen-bond acceptors (Lipinski definition) is 3. The Kier molecular flexibility index (Phi) is 4.47. The second-order valence-corrected chi connectivity index (χ2v) is 8.21. The first-order valence-electron chi connectivity index (χ1n) is 8.43. The summed E-state index contributed by atoms with van der Waals surface area (Å²) >= 11 is 0. The highest BCUT2D eigenvalue weighted by atomic mass is 32.2. The summed E-state index contributed by atoms with van der Waals surface area (Å²) in [6.07, 6.45) is 4.63. The summed E-state index contributed by atoms with van der Waals surface area (Å²) in [6, 6.07) is 3.44. The molecule has 0 saturated carbocycles. The van der Waals surface area contributed by atoms with E-state index in [-0.39, 0.29) is 11.8 Å². The minimum atomic E-state index is -3.51. The topological polar surface area (TPSA) is 66.5 Å². The van der Waals surface area contributed by atoms with E-state index in [1.807, 2.05) is 11.8 Å². The predicted octanol–water partition coefficient (Wildman–Crippen LogP) is 2.55. The number of anilines is 1. The molecule has 1 aromatic carbocycles. The fourth-order valence-electron chi connectivity index (χ4n) is 3.49. The monoisotopic (exact) mass is 336 g/mol. The maximum absolute atomic E-state index is 12.5. The molecule has 2 aliphatic heterocycles. The zero-order valence-electron chi connectivity index (χ0n) is 13.8. The molecule has 1 N–H and O–H groups in total. The standard InChI is InChI=1S/C17H24N2O3S/c1-3-4-5-8-18-23(21,22)14-10-13-7-6-9-19-16(13)15(11-14)12(2)17(19)20/h10-12,18H,3-9H2,1-2H3/t12-/m1/s1. The number of nitrogens with zero attached hydrogens (tertiary/aromatic N) is 1. The molecule has 5 nitrogen and oxygen atoms in total. The summed E-state index contributed by atoms with van der Waals surface area (Å²) in [5.74, 6) is -0.163. The third kappa shape index (κ3) is 2.90. The first-order chi connectivity index (χ1) is 11.0. The molecule has 0 spiro atoms. The van der Waals surface area contributed by atoms with Crippen molar-refractivity contribution in [2.45, 2.75) is 56.8 Å². The molecule has 3 rings (SSSR count). The summed E-state index contributed by atoms with van der Waals surface area (Å²) in [5, 5.41) is 0. The van der Waals surface area contributed by atoms with E-state index >= 15 is 0 Å². The number of hydrogen-bond donors (Lipinski definition) is 1. The molecule has 1 amide bonds. The van der Waals surface area contributed by atoms with Crippen molar-refractivity contribution in [3.8, 4) is 0 Å². The summed E-state index contributed by atoms with van der Waals surface area (Å²) in [7, 11) is -3.51.